The molecule has 0 radical (unpaired) electrons. The molecule has 0 bridgehead atoms. The number of carbonyl (C=O) groups excluding carboxylic acids is 1. The number of amides is 1. The third-order valence-electron chi connectivity index (χ3n) is 8.31. The van der Waals surface area contributed by atoms with Crippen LogP contribution in [-0.2, 0) is 19.9 Å². The van der Waals surface area contributed by atoms with E-state index in [1.54, 1.807) is 0 Å². The van der Waals surface area contributed by atoms with E-state index in [0.29, 0.717) is 32.5 Å². The minimum Gasteiger partial charge on any atom is -0.480 e. The number of likely N-dealkylation sites (tertiary alicyclic amines) is 1. The number of aliphatic carboxylic acids is 1. The van der Waals surface area contributed by atoms with Crippen molar-refractivity contribution < 1.29 is 24.2 Å². The molecule has 38 heavy (non-hydrogen) atoms. The summed E-state index contributed by atoms with van der Waals surface area (Å²) in [4.78, 5) is 31.1. The van der Waals surface area contributed by atoms with E-state index >= 15 is 0 Å². The molecule has 2 aliphatic carbocycles. The number of aromatic nitrogens is 1. The lowest BCUT2D eigenvalue weighted by atomic mass is 9.77. The molecule has 2 unspecified atom stereocenters. The van der Waals surface area contributed by atoms with Gasteiger partial charge in [0.1, 0.15) is 28.4 Å². The average Bonchev–Trinajstić information content (AvgIpc) is 3.61. The van der Waals surface area contributed by atoms with E-state index in [1.165, 1.54) is 33.6 Å². The molecular weight excluding hydrogens is 568 g/mol. The Hall–Kier alpha value is -2.75. The Morgan fingerprint density at radius 1 is 1.08 bits per heavy atom. The zero-order chi connectivity index (χ0) is 26.3. The predicted octanol–water partition coefficient (Wildman–Crippen LogP) is 6.42. The maximum Gasteiger partial charge on any atom is 0.409 e. The number of rotatable bonds is 6. The zero-order valence-corrected chi connectivity index (χ0v) is 23.3. The maximum atomic E-state index is 13.3. The summed E-state index contributed by atoms with van der Waals surface area (Å²) in [5.41, 5.74) is 3.90. The molecule has 6 rings (SSSR count). The second-order valence-corrected chi connectivity index (χ2v) is 12.3. The molecule has 2 fully saturated rings. The molecular formula is C29H29BrN2O5S. The van der Waals surface area contributed by atoms with Crippen LogP contribution in [0.5, 0.6) is 0 Å². The normalized spacial score (nSPS) is 24.4. The van der Waals surface area contributed by atoms with E-state index in [0.717, 1.165) is 28.9 Å². The number of carbonyl (C=O) groups is 2. The van der Waals surface area contributed by atoms with E-state index in [1.807, 2.05) is 34.5 Å². The van der Waals surface area contributed by atoms with E-state index in [4.69, 9.17) is 9.47 Å². The summed E-state index contributed by atoms with van der Waals surface area (Å²) in [6.45, 7) is 1.16. The van der Waals surface area contributed by atoms with Crippen LogP contribution in [0.1, 0.15) is 54.2 Å². The van der Waals surface area contributed by atoms with Gasteiger partial charge in [0.2, 0.25) is 0 Å². The van der Waals surface area contributed by atoms with Crippen molar-refractivity contribution in [3.8, 4) is 11.1 Å². The third-order valence-corrected chi connectivity index (χ3v) is 10.1. The van der Waals surface area contributed by atoms with Crippen LogP contribution in [0.3, 0.4) is 0 Å². The fraction of sp³-hybridized carbons (Fsp3) is 0.414. The molecule has 2 atom stereocenters. The van der Waals surface area contributed by atoms with E-state index in [-0.39, 0.29) is 24.0 Å². The van der Waals surface area contributed by atoms with Gasteiger partial charge in [-0.3, -0.25) is 0 Å². The lowest BCUT2D eigenvalue weighted by molar-refractivity contribution is -0.151. The number of halogens is 1. The minimum absolute atomic E-state index is 0.0250. The van der Waals surface area contributed by atoms with Crippen LogP contribution >= 0.6 is 27.3 Å². The van der Waals surface area contributed by atoms with Gasteiger partial charge in [0.25, 0.3) is 0 Å². The topological polar surface area (TPSA) is 89.0 Å². The Balaban J connectivity index is 1.16. The number of carboxylic acid groups (broad SMARTS) is 1. The highest BCUT2D eigenvalue weighted by molar-refractivity contribution is 9.10. The maximum absolute atomic E-state index is 13.3. The number of hydrogen-bond acceptors (Lipinski definition) is 6. The quantitative estimate of drug-likeness (QED) is 0.353. The lowest BCUT2D eigenvalue weighted by Gasteiger charge is -2.41. The van der Waals surface area contributed by atoms with Gasteiger partial charge < -0.3 is 19.5 Å². The molecule has 2 heterocycles. The molecule has 1 saturated heterocycles. The Bertz CT molecular complexity index is 1330. The highest BCUT2D eigenvalue weighted by Gasteiger charge is 2.53. The van der Waals surface area contributed by atoms with Crippen LogP contribution in [-0.4, -0.2) is 53.4 Å². The SMILES string of the molecule is O=C(O)COC1(c2nc(Br)cs2)CCC2(CCCN(C(=O)OCC3c4ccccc4-c4ccccc43)C2)C1. The first-order valence-corrected chi connectivity index (χ1v) is 14.6. The fourth-order valence-electron chi connectivity index (χ4n) is 6.68. The standard InChI is InChI=1S/C29H29BrN2O5S/c30-24-16-38-26(31-24)29(37-15-25(33)34)12-11-28(17-29)10-5-13-32(18-28)27(35)36-14-23-21-8-3-1-6-19(21)20-7-2-4-9-22(20)23/h1-4,6-9,16,23H,5,10-15,17-18H2,(H,33,34). The van der Waals surface area contributed by atoms with Crippen molar-refractivity contribution in [2.75, 3.05) is 26.3 Å². The molecule has 1 saturated carbocycles. The number of carboxylic acids is 1. The zero-order valence-electron chi connectivity index (χ0n) is 20.9. The minimum atomic E-state index is -0.996. The molecule has 9 heteroatoms. The molecule has 3 aromatic rings. The fourth-order valence-corrected chi connectivity index (χ4v) is 8.11. The molecule has 1 spiro atoms. The molecule has 198 valence electrons. The lowest BCUT2D eigenvalue weighted by Crippen LogP contribution is -2.46. The van der Waals surface area contributed by atoms with Gasteiger partial charge in [0.15, 0.2) is 0 Å². The van der Waals surface area contributed by atoms with Crippen molar-refractivity contribution in [3.63, 3.8) is 0 Å². The molecule has 1 N–H and O–H groups in total. The first-order valence-electron chi connectivity index (χ1n) is 13.0. The van der Waals surface area contributed by atoms with E-state index in [2.05, 4.69) is 45.2 Å². The summed E-state index contributed by atoms with van der Waals surface area (Å²) in [7, 11) is 0. The second kappa shape index (κ2) is 10.1. The molecule has 1 amide bonds. The van der Waals surface area contributed by atoms with Gasteiger partial charge in [-0.15, -0.1) is 11.3 Å². The third kappa shape index (κ3) is 4.65. The Morgan fingerprint density at radius 2 is 1.79 bits per heavy atom. The van der Waals surface area contributed by atoms with Crippen molar-refractivity contribution in [3.05, 3.63) is 74.6 Å². The number of fused-ring (bicyclic) bond motifs is 3. The van der Waals surface area contributed by atoms with Gasteiger partial charge >= 0.3 is 12.1 Å². The number of hydrogen-bond donors (Lipinski definition) is 1. The summed E-state index contributed by atoms with van der Waals surface area (Å²) >= 11 is 4.90. The molecule has 3 aliphatic rings. The summed E-state index contributed by atoms with van der Waals surface area (Å²) < 4.78 is 12.7. The van der Waals surface area contributed by atoms with Crippen LogP contribution in [0.4, 0.5) is 4.79 Å². The summed E-state index contributed by atoms with van der Waals surface area (Å²) in [5, 5.41) is 12.0. The van der Waals surface area contributed by atoms with Gasteiger partial charge in [0.05, 0.1) is 0 Å². The Kier molecular flexibility index (Phi) is 6.78. The first-order chi connectivity index (χ1) is 18.4. The second-order valence-electron chi connectivity index (χ2n) is 10.7. The van der Waals surface area contributed by atoms with Gasteiger partial charge in [-0.25, -0.2) is 14.6 Å². The van der Waals surface area contributed by atoms with Crippen LogP contribution in [0.2, 0.25) is 0 Å². The van der Waals surface area contributed by atoms with Gasteiger partial charge in [-0.05, 0) is 75.7 Å². The number of nitrogens with zero attached hydrogens (tertiary/aromatic N) is 2. The Labute approximate surface area is 233 Å². The van der Waals surface area contributed by atoms with Gasteiger partial charge in [0, 0.05) is 24.4 Å². The van der Waals surface area contributed by atoms with Crippen LogP contribution < -0.4 is 0 Å². The van der Waals surface area contributed by atoms with Crippen molar-refractivity contribution >= 4 is 39.3 Å². The van der Waals surface area contributed by atoms with Crippen molar-refractivity contribution in [1.82, 2.24) is 9.88 Å². The first kappa shape index (κ1) is 25.5. The van der Waals surface area contributed by atoms with Crippen molar-refractivity contribution in [2.24, 2.45) is 5.41 Å². The van der Waals surface area contributed by atoms with Crippen molar-refractivity contribution in [1.29, 1.82) is 0 Å². The van der Waals surface area contributed by atoms with Crippen LogP contribution in [0, 0.1) is 5.41 Å². The smallest absolute Gasteiger partial charge is 0.409 e. The number of ether oxygens (including phenoxy) is 2. The molecule has 1 aliphatic heterocycles. The summed E-state index contributed by atoms with van der Waals surface area (Å²) in [6, 6.07) is 16.7. The summed E-state index contributed by atoms with van der Waals surface area (Å²) in [6.07, 6.45) is 3.72. The van der Waals surface area contributed by atoms with Crippen LogP contribution in [0.15, 0.2) is 58.5 Å². The monoisotopic (exact) mass is 596 g/mol. The number of thiazole rings is 1. The number of piperidine rings is 1. The highest BCUT2D eigenvalue weighted by Crippen LogP contribution is 2.56. The highest BCUT2D eigenvalue weighted by atomic mass is 79.9. The van der Waals surface area contributed by atoms with Gasteiger partial charge in [-0.1, -0.05) is 48.5 Å². The van der Waals surface area contributed by atoms with Gasteiger partial charge in [-0.2, -0.15) is 0 Å². The van der Waals surface area contributed by atoms with Crippen LogP contribution in [0.25, 0.3) is 11.1 Å². The molecule has 2 aromatic carbocycles. The average molecular weight is 598 g/mol. The Morgan fingerprint density at radius 3 is 2.45 bits per heavy atom. The predicted molar refractivity (Wildman–Crippen MR) is 147 cm³/mol. The molecule has 7 nitrogen and oxygen atoms in total. The largest absolute Gasteiger partial charge is 0.480 e. The summed E-state index contributed by atoms with van der Waals surface area (Å²) in [5.74, 6) is -0.971. The number of benzene rings is 2. The molecule has 1 aromatic heterocycles. The van der Waals surface area contributed by atoms with E-state index in [9.17, 15) is 14.7 Å². The van der Waals surface area contributed by atoms with Crippen molar-refractivity contribution in [2.45, 2.75) is 43.6 Å². The van der Waals surface area contributed by atoms with E-state index < -0.39 is 11.6 Å².